The Bertz CT molecular complexity index is 680. The monoisotopic (exact) mass is 419 g/mol. The van der Waals surface area contributed by atoms with Gasteiger partial charge in [-0.2, -0.15) is 0 Å². The fourth-order valence-corrected chi connectivity index (χ4v) is 6.51. The van der Waals surface area contributed by atoms with Crippen LogP contribution in [0.2, 0.25) is 0 Å². The SMILES string of the molecule is CC(C)[O][Ti]([O]C(C)C)([O]C(C)C)[O]C1OC(=O)c2c1cccc2[N+](=O)[O-]. The third-order valence-corrected chi connectivity index (χ3v) is 7.68. The van der Waals surface area contributed by atoms with Gasteiger partial charge in [0, 0.05) is 0 Å². The molecular weight excluding hydrogens is 394 g/mol. The number of carbonyl (C=O) groups is 1. The number of nitro groups is 1. The van der Waals surface area contributed by atoms with E-state index in [1.165, 1.54) is 12.1 Å². The van der Waals surface area contributed by atoms with E-state index in [4.69, 9.17) is 18.0 Å². The van der Waals surface area contributed by atoms with E-state index in [0.717, 1.165) is 0 Å². The predicted octanol–water partition coefficient (Wildman–Crippen LogP) is 3.87. The molecule has 10 heteroatoms. The summed E-state index contributed by atoms with van der Waals surface area (Å²) in [6.45, 7) is 10.9. The molecule has 0 spiro atoms. The van der Waals surface area contributed by atoms with Crippen LogP contribution in [0.25, 0.3) is 0 Å². The minimum atomic E-state index is -4.37. The zero-order valence-electron chi connectivity index (χ0n) is 16.3. The zero-order valence-corrected chi connectivity index (χ0v) is 17.8. The van der Waals surface area contributed by atoms with Crippen LogP contribution in [0.5, 0.6) is 0 Å². The van der Waals surface area contributed by atoms with E-state index >= 15 is 0 Å². The number of benzene rings is 1. The van der Waals surface area contributed by atoms with Gasteiger partial charge in [0.2, 0.25) is 0 Å². The molecule has 1 aromatic carbocycles. The summed E-state index contributed by atoms with van der Waals surface area (Å²) in [5.41, 5.74) is -0.195. The van der Waals surface area contributed by atoms with Crippen molar-refractivity contribution in [3.8, 4) is 0 Å². The molecule has 9 nitrogen and oxygen atoms in total. The molecule has 1 atom stereocenters. The number of nitrogens with zero attached hydrogens (tertiary/aromatic N) is 1. The second-order valence-electron chi connectivity index (χ2n) is 6.85. The van der Waals surface area contributed by atoms with Gasteiger partial charge < -0.3 is 0 Å². The van der Waals surface area contributed by atoms with Gasteiger partial charge in [-0.1, -0.05) is 0 Å². The summed E-state index contributed by atoms with van der Waals surface area (Å²) >= 11 is -4.37. The summed E-state index contributed by atoms with van der Waals surface area (Å²) in [7, 11) is 0. The topological polar surface area (TPSA) is 106 Å². The van der Waals surface area contributed by atoms with Crippen molar-refractivity contribution in [1.29, 1.82) is 0 Å². The van der Waals surface area contributed by atoms with Gasteiger partial charge in [0.15, 0.2) is 0 Å². The molecule has 0 bridgehead atoms. The Morgan fingerprint density at radius 3 is 2.00 bits per heavy atom. The first-order valence-corrected chi connectivity index (χ1v) is 11.3. The van der Waals surface area contributed by atoms with Crippen molar-refractivity contribution in [2.24, 2.45) is 0 Å². The van der Waals surface area contributed by atoms with Crippen LogP contribution in [0.15, 0.2) is 18.2 Å². The number of ether oxygens (including phenoxy) is 1. The van der Waals surface area contributed by atoms with Crippen molar-refractivity contribution in [1.82, 2.24) is 0 Å². The van der Waals surface area contributed by atoms with E-state index in [9.17, 15) is 14.9 Å². The van der Waals surface area contributed by atoms with E-state index < -0.39 is 35.3 Å². The quantitative estimate of drug-likeness (QED) is 0.257. The first-order chi connectivity index (χ1) is 12.5. The number of fused-ring (bicyclic) bond motifs is 1. The van der Waals surface area contributed by atoms with Crippen LogP contribution in [-0.4, -0.2) is 29.2 Å². The Morgan fingerprint density at radius 2 is 1.56 bits per heavy atom. The molecule has 2 rings (SSSR count). The number of hydrogen-bond acceptors (Lipinski definition) is 8. The van der Waals surface area contributed by atoms with E-state index in [2.05, 4.69) is 0 Å². The summed E-state index contributed by atoms with van der Waals surface area (Å²) in [5, 5.41) is 11.2. The molecule has 1 aliphatic heterocycles. The average molecular weight is 419 g/mol. The number of esters is 1. The third kappa shape index (κ3) is 5.34. The number of rotatable bonds is 9. The van der Waals surface area contributed by atoms with Crippen LogP contribution in [0, 0.1) is 10.1 Å². The van der Waals surface area contributed by atoms with Gasteiger partial charge >= 0.3 is 163 Å². The van der Waals surface area contributed by atoms with Crippen LogP contribution in [0.1, 0.15) is 63.8 Å². The molecule has 0 saturated carbocycles. The third-order valence-electron chi connectivity index (χ3n) is 3.34. The van der Waals surface area contributed by atoms with Gasteiger partial charge in [0.1, 0.15) is 0 Å². The van der Waals surface area contributed by atoms with Crippen LogP contribution in [0.3, 0.4) is 0 Å². The fraction of sp³-hybridized carbons (Fsp3) is 0.588. The van der Waals surface area contributed by atoms with E-state index in [1.807, 2.05) is 41.5 Å². The van der Waals surface area contributed by atoms with Crippen LogP contribution >= 0.6 is 0 Å². The van der Waals surface area contributed by atoms with Gasteiger partial charge in [-0.3, -0.25) is 0 Å². The maximum absolute atomic E-state index is 12.2. The van der Waals surface area contributed by atoms with Crippen molar-refractivity contribution in [2.45, 2.75) is 66.1 Å². The summed E-state index contributed by atoms with van der Waals surface area (Å²) < 4.78 is 29.1. The molecule has 0 amide bonds. The number of cyclic esters (lactones) is 1. The van der Waals surface area contributed by atoms with Crippen molar-refractivity contribution >= 4 is 11.7 Å². The van der Waals surface area contributed by atoms with E-state index in [0.29, 0.717) is 0 Å². The second kappa shape index (κ2) is 8.77. The molecular formula is C17H25NO8Ti. The molecule has 0 fully saturated rings. The zero-order chi connectivity index (χ0) is 20.4. The van der Waals surface area contributed by atoms with Crippen molar-refractivity contribution in [3.05, 3.63) is 39.4 Å². The molecule has 1 aromatic rings. The Balaban J connectivity index is 2.43. The van der Waals surface area contributed by atoms with Gasteiger partial charge in [0.05, 0.1) is 0 Å². The summed E-state index contributed by atoms with van der Waals surface area (Å²) in [6, 6.07) is 4.27. The predicted molar refractivity (Wildman–Crippen MR) is 91.0 cm³/mol. The maximum atomic E-state index is 12.2. The summed E-state index contributed by atoms with van der Waals surface area (Å²) in [6.07, 6.45) is -1.97. The molecule has 150 valence electrons. The Morgan fingerprint density at radius 1 is 1.04 bits per heavy atom. The Labute approximate surface area is 163 Å². The minimum absolute atomic E-state index is 0.123. The van der Waals surface area contributed by atoms with Crippen molar-refractivity contribution < 1.29 is 45.9 Å². The summed E-state index contributed by atoms with van der Waals surface area (Å²) in [5.74, 6) is -0.822. The molecule has 27 heavy (non-hydrogen) atoms. The molecule has 1 unspecified atom stereocenters. The van der Waals surface area contributed by atoms with Gasteiger partial charge in [-0.25, -0.2) is 0 Å². The molecule has 1 heterocycles. The first-order valence-electron chi connectivity index (χ1n) is 8.74. The number of hydrogen-bond donors (Lipinski definition) is 0. The second-order valence-corrected chi connectivity index (χ2v) is 9.89. The fourth-order valence-electron chi connectivity index (χ4n) is 2.60. The molecule has 0 saturated heterocycles. The molecule has 0 aromatic heterocycles. The molecule has 0 aliphatic carbocycles. The number of carbonyl (C=O) groups excluding carboxylic acids is 1. The van der Waals surface area contributed by atoms with Gasteiger partial charge in [-0.15, -0.1) is 0 Å². The normalized spacial score (nSPS) is 16.9. The summed E-state index contributed by atoms with van der Waals surface area (Å²) in [4.78, 5) is 22.8. The van der Waals surface area contributed by atoms with Crippen molar-refractivity contribution in [2.75, 3.05) is 0 Å². The molecule has 0 radical (unpaired) electrons. The number of nitro benzene ring substituents is 1. The Kier molecular flexibility index (Phi) is 7.12. The molecule has 1 aliphatic rings. The van der Waals surface area contributed by atoms with Crippen molar-refractivity contribution in [3.63, 3.8) is 0 Å². The Hall–Kier alpha value is -1.36. The van der Waals surface area contributed by atoms with Crippen LogP contribution < -0.4 is 0 Å². The first kappa shape index (κ1) is 21.9. The van der Waals surface area contributed by atoms with E-state index in [1.54, 1.807) is 6.07 Å². The van der Waals surface area contributed by atoms with Crippen LogP contribution in [-0.2, 0) is 36.2 Å². The van der Waals surface area contributed by atoms with Gasteiger partial charge in [0.25, 0.3) is 0 Å². The molecule has 0 N–H and O–H groups in total. The van der Waals surface area contributed by atoms with Crippen LogP contribution in [0.4, 0.5) is 5.69 Å². The van der Waals surface area contributed by atoms with E-state index in [-0.39, 0.29) is 35.1 Å². The average Bonchev–Trinajstić information content (AvgIpc) is 2.80. The van der Waals surface area contributed by atoms with Gasteiger partial charge in [-0.05, 0) is 0 Å². The standard InChI is InChI=1S/C8H4NO5.3C3H7O.Ti/c10-7-4-2-1-3-5(9(12)13)6(4)8(11)14-7;3*1-3(2)4;/h1-3,7H;3*3H,1-2H3;/q4*-1;+4.